The smallest absolute Gasteiger partial charge is 0.321 e. The van der Waals surface area contributed by atoms with Gasteiger partial charge in [-0.15, -0.1) is 0 Å². The summed E-state index contributed by atoms with van der Waals surface area (Å²) in [6.45, 7) is 1.93. The van der Waals surface area contributed by atoms with Crippen LogP contribution in [0.15, 0.2) is 24.3 Å². The molecule has 1 aliphatic heterocycles. The number of carboxylic acid groups (broad SMARTS) is 1. The molecule has 2 fully saturated rings. The number of hydrogen-bond acceptors (Lipinski definition) is 3. The lowest BCUT2D eigenvalue weighted by Gasteiger charge is -2.36. The zero-order valence-electron chi connectivity index (χ0n) is 14.4. The molecular weight excluding hydrogens is 358 g/mol. The first kappa shape index (κ1) is 18.5. The number of anilines is 1. The molecule has 8 heteroatoms. The average Bonchev–Trinajstić information content (AvgIpc) is 2.79. The Hall–Kier alpha value is -2.28. The van der Waals surface area contributed by atoms with E-state index in [0.717, 1.165) is 0 Å². The molecule has 1 aromatic carbocycles. The van der Waals surface area contributed by atoms with Crippen molar-refractivity contribution in [2.45, 2.75) is 19.3 Å². The molecule has 1 heterocycles. The molecule has 0 aromatic heterocycles. The van der Waals surface area contributed by atoms with Crippen molar-refractivity contribution in [3.63, 3.8) is 0 Å². The summed E-state index contributed by atoms with van der Waals surface area (Å²) in [6, 6.07) is 6.71. The van der Waals surface area contributed by atoms with Crippen LogP contribution >= 0.6 is 11.6 Å². The first-order valence-corrected chi connectivity index (χ1v) is 9.16. The van der Waals surface area contributed by atoms with E-state index in [2.05, 4.69) is 5.32 Å². The van der Waals surface area contributed by atoms with Crippen molar-refractivity contribution in [3.05, 3.63) is 29.3 Å². The van der Waals surface area contributed by atoms with Crippen molar-refractivity contribution < 1.29 is 19.5 Å². The molecule has 2 aliphatic rings. The highest BCUT2D eigenvalue weighted by molar-refractivity contribution is 6.30. The van der Waals surface area contributed by atoms with E-state index in [0.29, 0.717) is 56.2 Å². The Morgan fingerprint density at radius 2 is 1.73 bits per heavy atom. The van der Waals surface area contributed by atoms with Crippen LogP contribution in [0, 0.1) is 11.8 Å². The monoisotopic (exact) mass is 379 g/mol. The molecule has 3 amide bonds. The summed E-state index contributed by atoms with van der Waals surface area (Å²) in [4.78, 5) is 39.5. The highest BCUT2D eigenvalue weighted by atomic mass is 35.5. The topological polar surface area (TPSA) is 90.0 Å². The van der Waals surface area contributed by atoms with Crippen LogP contribution < -0.4 is 5.32 Å². The predicted octanol–water partition coefficient (Wildman–Crippen LogP) is 2.52. The third kappa shape index (κ3) is 4.09. The Labute approximate surface area is 156 Å². The number of carbonyl (C=O) groups excluding carboxylic acids is 2. The second-order valence-electron chi connectivity index (χ2n) is 6.73. The lowest BCUT2D eigenvalue weighted by molar-refractivity contribution is -0.156. The van der Waals surface area contributed by atoms with Gasteiger partial charge < -0.3 is 20.2 Å². The van der Waals surface area contributed by atoms with Crippen molar-refractivity contribution in [2.75, 3.05) is 31.5 Å². The van der Waals surface area contributed by atoms with Gasteiger partial charge in [-0.3, -0.25) is 9.59 Å². The molecule has 7 nitrogen and oxygen atoms in total. The summed E-state index contributed by atoms with van der Waals surface area (Å²) < 4.78 is 0. The Balaban J connectivity index is 1.55. The molecule has 140 valence electrons. The number of nitrogens with one attached hydrogen (secondary N) is 1. The number of benzene rings is 1. The maximum absolute atomic E-state index is 12.6. The van der Waals surface area contributed by atoms with Gasteiger partial charge in [-0.25, -0.2) is 4.79 Å². The molecule has 2 N–H and O–H groups in total. The van der Waals surface area contributed by atoms with Gasteiger partial charge >= 0.3 is 12.0 Å². The molecular formula is C18H22ClN3O4. The molecule has 3 rings (SSSR count). The van der Waals surface area contributed by atoms with Gasteiger partial charge in [-0.1, -0.05) is 17.7 Å². The van der Waals surface area contributed by atoms with Crippen molar-refractivity contribution in [2.24, 2.45) is 11.8 Å². The lowest BCUT2D eigenvalue weighted by Crippen LogP contribution is -2.47. The second-order valence-corrected chi connectivity index (χ2v) is 7.17. The van der Waals surface area contributed by atoms with E-state index in [1.165, 1.54) is 0 Å². The largest absolute Gasteiger partial charge is 0.481 e. The lowest BCUT2D eigenvalue weighted by atomic mass is 9.73. The number of amides is 3. The number of nitrogens with zero attached hydrogens (tertiary/aromatic N) is 2. The van der Waals surface area contributed by atoms with Crippen molar-refractivity contribution >= 4 is 35.2 Å². The summed E-state index contributed by atoms with van der Waals surface area (Å²) in [7, 11) is 0. The average molecular weight is 380 g/mol. The summed E-state index contributed by atoms with van der Waals surface area (Å²) >= 11 is 5.93. The Morgan fingerprint density at radius 1 is 1.04 bits per heavy atom. The molecule has 1 saturated carbocycles. The number of carbonyl (C=O) groups is 3. The standard InChI is InChI=1S/C18H22ClN3O4/c19-12-3-1-4-13(11-12)20-18(26)22-8-2-7-21(9-10-22)16(23)14-5-6-15(14)17(24)25/h1,3-4,11,14-15H,2,5-10H2,(H,20,26)(H,24,25). The van der Waals surface area contributed by atoms with Gasteiger partial charge in [-0.05, 0) is 37.5 Å². The SMILES string of the molecule is O=C(O)C1CCC1C(=O)N1CCCN(C(=O)Nc2cccc(Cl)c2)CC1. The second kappa shape index (κ2) is 7.95. The van der Waals surface area contributed by atoms with E-state index in [1.807, 2.05) is 0 Å². The minimum absolute atomic E-state index is 0.0965. The highest BCUT2D eigenvalue weighted by Gasteiger charge is 2.43. The van der Waals surface area contributed by atoms with E-state index in [1.54, 1.807) is 34.1 Å². The molecule has 0 bridgehead atoms. The van der Waals surface area contributed by atoms with E-state index in [4.69, 9.17) is 16.7 Å². The molecule has 26 heavy (non-hydrogen) atoms. The van der Waals surface area contributed by atoms with Crippen LogP contribution in [-0.2, 0) is 9.59 Å². The molecule has 2 atom stereocenters. The van der Waals surface area contributed by atoms with E-state index in [9.17, 15) is 14.4 Å². The Morgan fingerprint density at radius 3 is 2.38 bits per heavy atom. The number of carboxylic acids is 1. The van der Waals surface area contributed by atoms with Gasteiger partial charge in [0.15, 0.2) is 0 Å². The molecule has 2 unspecified atom stereocenters. The molecule has 1 aromatic rings. The van der Waals surface area contributed by atoms with Crippen LogP contribution in [0.1, 0.15) is 19.3 Å². The molecule has 0 radical (unpaired) electrons. The van der Waals surface area contributed by atoms with E-state index >= 15 is 0 Å². The third-order valence-electron chi connectivity index (χ3n) is 5.08. The fraction of sp³-hybridized carbons (Fsp3) is 0.500. The number of halogens is 1. The van der Waals surface area contributed by atoms with Crippen molar-refractivity contribution in [3.8, 4) is 0 Å². The summed E-state index contributed by atoms with van der Waals surface area (Å²) in [6.07, 6.45) is 1.86. The fourth-order valence-electron chi connectivity index (χ4n) is 3.44. The maximum atomic E-state index is 12.6. The van der Waals surface area contributed by atoms with Crippen LogP contribution in [0.3, 0.4) is 0 Å². The molecule has 1 aliphatic carbocycles. The minimum Gasteiger partial charge on any atom is -0.481 e. The third-order valence-corrected chi connectivity index (χ3v) is 5.31. The van der Waals surface area contributed by atoms with Crippen molar-refractivity contribution in [1.29, 1.82) is 0 Å². The number of aliphatic carboxylic acids is 1. The first-order valence-electron chi connectivity index (χ1n) is 8.79. The van der Waals surface area contributed by atoms with Crippen molar-refractivity contribution in [1.82, 2.24) is 9.80 Å². The predicted molar refractivity (Wildman–Crippen MR) is 97.1 cm³/mol. The van der Waals surface area contributed by atoms with Crippen LogP contribution in [-0.4, -0.2) is 59.0 Å². The normalized spacial score (nSPS) is 23.0. The van der Waals surface area contributed by atoms with Gasteiger partial charge in [0.2, 0.25) is 5.91 Å². The van der Waals surface area contributed by atoms with Gasteiger partial charge in [-0.2, -0.15) is 0 Å². The molecule has 0 spiro atoms. The van der Waals surface area contributed by atoms with Crippen LogP contribution in [0.25, 0.3) is 0 Å². The van der Waals surface area contributed by atoms with E-state index in [-0.39, 0.29) is 11.9 Å². The summed E-state index contributed by atoms with van der Waals surface area (Å²) in [5, 5.41) is 12.5. The Bertz CT molecular complexity index is 711. The maximum Gasteiger partial charge on any atom is 0.321 e. The van der Waals surface area contributed by atoms with Gasteiger partial charge in [0.05, 0.1) is 11.8 Å². The van der Waals surface area contributed by atoms with Gasteiger partial charge in [0.25, 0.3) is 0 Å². The van der Waals surface area contributed by atoms with Crippen LogP contribution in [0.2, 0.25) is 5.02 Å². The molecule has 1 saturated heterocycles. The Kier molecular flexibility index (Phi) is 5.66. The zero-order valence-corrected chi connectivity index (χ0v) is 15.1. The zero-order chi connectivity index (χ0) is 18.7. The van der Waals surface area contributed by atoms with E-state index < -0.39 is 17.8 Å². The number of hydrogen-bond donors (Lipinski definition) is 2. The van der Waals surface area contributed by atoms with Gasteiger partial charge in [0.1, 0.15) is 0 Å². The quantitative estimate of drug-likeness (QED) is 0.844. The van der Waals surface area contributed by atoms with Crippen LogP contribution in [0.4, 0.5) is 10.5 Å². The summed E-state index contributed by atoms with van der Waals surface area (Å²) in [5.41, 5.74) is 0.624. The number of urea groups is 1. The first-order chi connectivity index (χ1) is 12.5. The summed E-state index contributed by atoms with van der Waals surface area (Å²) in [5.74, 6) is -1.97. The number of rotatable bonds is 3. The van der Waals surface area contributed by atoms with Gasteiger partial charge in [0, 0.05) is 36.9 Å². The highest BCUT2D eigenvalue weighted by Crippen LogP contribution is 2.36. The fourth-order valence-corrected chi connectivity index (χ4v) is 3.63. The van der Waals surface area contributed by atoms with Crippen LogP contribution in [0.5, 0.6) is 0 Å². The minimum atomic E-state index is -0.896.